The summed E-state index contributed by atoms with van der Waals surface area (Å²) in [6.07, 6.45) is 2.82. The number of hydrogen-bond donors (Lipinski definition) is 2. The predicted molar refractivity (Wildman–Crippen MR) is 72.7 cm³/mol. The third-order valence-electron chi connectivity index (χ3n) is 3.08. The summed E-state index contributed by atoms with van der Waals surface area (Å²) in [5, 5.41) is 0. The summed E-state index contributed by atoms with van der Waals surface area (Å²) in [4.78, 5) is 10.7. The average Bonchev–Trinajstić information content (AvgIpc) is 2.28. The number of piperidine rings is 1. The molecule has 0 saturated carbocycles. The Labute approximate surface area is 110 Å². The number of nitrogens with two attached hydrogens (primary N) is 1. The molecule has 94 valence electrons. The first-order chi connectivity index (χ1) is 8.11. The maximum Gasteiger partial charge on any atom is 0.159 e. The number of hydrogen-bond acceptors (Lipinski definition) is 5. The van der Waals surface area contributed by atoms with Crippen molar-refractivity contribution in [2.75, 3.05) is 23.4 Å². The molecule has 1 aromatic rings. The Morgan fingerprint density at radius 1 is 1.35 bits per heavy atom. The smallest absolute Gasteiger partial charge is 0.159 e. The van der Waals surface area contributed by atoms with Crippen LogP contribution in [-0.2, 0) is 0 Å². The minimum atomic E-state index is 0.626. The molecular weight excluding hydrogens is 282 g/mol. The molecule has 3 N–H and O–H groups in total. The lowest BCUT2D eigenvalue weighted by Gasteiger charge is -2.36. The summed E-state index contributed by atoms with van der Waals surface area (Å²) in [6, 6.07) is 0. The van der Waals surface area contributed by atoms with Crippen LogP contribution in [0.2, 0.25) is 0 Å². The third kappa shape index (κ3) is 2.69. The van der Waals surface area contributed by atoms with Gasteiger partial charge in [0.05, 0.1) is 0 Å². The predicted octanol–water partition coefficient (Wildman–Crippen LogP) is 2.01. The van der Waals surface area contributed by atoms with Crippen LogP contribution >= 0.6 is 15.9 Å². The van der Waals surface area contributed by atoms with E-state index >= 15 is 0 Å². The third-order valence-corrected chi connectivity index (χ3v) is 3.81. The summed E-state index contributed by atoms with van der Waals surface area (Å²) >= 11 is 3.51. The monoisotopic (exact) mass is 299 g/mol. The van der Waals surface area contributed by atoms with Gasteiger partial charge in [0.25, 0.3) is 0 Å². The molecule has 1 aromatic heterocycles. The Morgan fingerprint density at radius 2 is 2.00 bits per heavy atom. The van der Waals surface area contributed by atoms with Crippen LogP contribution in [0.5, 0.6) is 0 Å². The molecule has 5 nitrogen and oxygen atoms in total. The topological polar surface area (TPSA) is 67.1 Å². The maximum absolute atomic E-state index is 5.41. The highest BCUT2D eigenvalue weighted by Crippen LogP contribution is 2.32. The molecule has 2 unspecified atom stereocenters. The zero-order valence-electron chi connectivity index (χ0n) is 10.2. The van der Waals surface area contributed by atoms with Gasteiger partial charge in [0, 0.05) is 13.1 Å². The lowest BCUT2D eigenvalue weighted by Crippen LogP contribution is -2.39. The number of rotatable bonds is 2. The van der Waals surface area contributed by atoms with Gasteiger partial charge < -0.3 is 10.3 Å². The van der Waals surface area contributed by atoms with Crippen LogP contribution in [0.25, 0.3) is 0 Å². The average molecular weight is 300 g/mol. The van der Waals surface area contributed by atoms with E-state index in [1.54, 1.807) is 6.33 Å². The summed E-state index contributed by atoms with van der Waals surface area (Å²) in [5.74, 6) is 8.34. The van der Waals surface area contributed by atoms with Crippen molar-refractivity contribution in [3.05, 3.63) is 10.8 Å². The highest BCUT2D eigenvalue weighted by atomic mass is 79.9. The number of hydrazine groups is 1. The first-order valence-electron chi connectivity index (χ1n) is 5.84. The van der Waals surface area contributed by atoms with Gasteiger partial charge in [-0.25, -0.2) is 15.8 Å². The summed E-state index contributed by atoms with van der Waals surface area (Å²) in [5.41, 5.74) is 2.57. The second kappa shape index (κ2) is 5.18. The van der Waals surface area contributed by atoms with Crippen molar-refractivity contribution in [1.82, 2.24) is 9.97 Å². The van der Waals surface area contributed by atoms with Gasteiger partial charge in [-0.3, -0.25) is 0 Å². The van der Waals surface area contributed by atoms with E-state index in [9.17, 15) is 0 Å². The molecule has 1 fully saturated rings. The van der Waals surface area contributed by atoms with Gasteiger partial charge in [-0.05, 0) is 34.2 Å². The van der Waals surface area contributed by atoms with Crippen LogP contribution in [0.15, 0.2) is 10.8 Å². The highest BCUT2D eigenvalue weighted by Gasteiger charge is 2.24. The first kappa shape index (κ1) is 12.6. The molecule has 0 spiro atoms. The molecule has 1 saturated heterocycles. The number of nitrogens with zero attached hydrogens (tertiary/aromatic N) is 3. The summed E-state index contributed by atoms with van der Waals surface area (Å²) in [7, 11) is 0. The van der Waals surface area contributed by atoms with Gasteiger partial charge in [0.2, 0.25) is 0 Å². The van der Waals surface area contributed by atoms with E-state index in [0.717, 1.165) is 23.4 Å². The van der Waals surface area contributed by atoms with Gasteiger partial charge in [-0.15, -0.1) is 0 Å². The van der Waals surface area contributed by atoms with Crippen LogP contribution in [-0.4, -0.2) is 23.1 Å². The van der Waals surface area contributed by atoms with Crippen LogP contribution in [0.1, 0.15) is 20.3 Å². The van der Waals surface area contributed by atoms with Gasteiger partial charge >= 0.3 is 0 Å². The molecule has 1 aliphatic heterocycles. The Kier molecular flexibility index (Phi) is 3.83. The molecule has 0 bridgehead atoms. The Morgan fingerprint density at radius 3 is 2.59 bits per heavy atom. The van der Waals surface area contributed by atoms with Crippen LogP contribution in [0.3, 0.4) is 0 Å². The van der Waals surface area contributed by atoms with Crippen molar-refractivity contribution in [3.63, 3.8) is 0 Å². The lowest BCUT2D eigenvalue weighted by atomic mass is 9.92. The fourth-order valence-electron chi connectivity index (χ4n) is 2.52. The zero-order chi connectivity index (χ0) is 12.4. The second-order valence-corrected chi connectivity index (χ2v) is 5.65. The van der Waals surface area contributed by atoms with Crippen molar-refractivity contribution in [2.24, 2.45) is 17.7 Å². The SMILES string of the molecule is CC1CC(C)CN(c2ncnc(NN)c2Br)C1. The Hall–Kier alpha value is -0.880. The number of halogens is 1. The van der Waals surface area contributed by atoms with Gasteiger partial charge in [0.1, 0.15) is 16.6 Å². The molecular formula is C11H18BrN5. The molecule has 2 atom stereocenters. The van der Waals surface area contributed by atoms with Gasteiger partial charge in [-0.1, -0.05) is 13.8 Å². The molecule has 0 aromatic carbocycles. The van der Waals surface area contributed by atoms with Crippen LogP contribution in [0, 0.1) is 11.8 Å². The molecule has 0 aliphatic carbocycles. The quantitative estimate of drug-likeness (QED) is 0.646. The number of anilines is 2. The number of nitrogens with one attached hydrogen (secondary N) is 1. The highest BCUT2D eigenvalue weighted by molar-refractivity contribution is 9.10. The normalized spacial score (nSPS) is 24.8. The molecule has 17 heavy (non-hydrogen) atoms. The van der Waals surface area contributed by atoms with Crippen molar-refractivity contribution in [2.45, 2.75) is 20.3 Å². The molecule has 0 radical (unpaired) electrons. The Bertz CT molecular complexity index is 387. The van der Waals surface area contributed by atoms with Crippen molar-refractivity contribution < 1.29 is 0 Å². The lowest BCUT2D eigenvalue weighted by molar-refractivity contribution is 0.355. The van der Waals surface area contributed by atoms with E-state index in [0.29, 0.717) is 17.7 Å². The van der Waals surface area contributed by atoms with Crippen molar-refractivity contribution in [3.8, 4) is 0 Å². The molecule has 2 rings (SSSR count). The number of aromatic nitrogens is 2. The van der Waals surface area contributed by atoms with E-state index in [1.165, 1.54) is 6.42 Å². The van der Waals surface area contributed by atoms with E-state index in [2.05, 4.69) is 50.1 Å². The fourth-order valence-corrected chi connectivity index (χ4v) is 3.09. The Balaban J connectivity index is 2.27. The van der Waals surface area contributed by atoms with E-state index < -0.39 is 0 Å². The van der Waals surface area contributed by atoms with E-state index in [-0.39, 0.29) is 0 Å². The van der Waals surface area contributed by atoms with Gasteiger partial charge in [-0.2, -0.15) is 0 Å². The van der Waals surface area contributed by atoms with Crippen LogP contribution in [0.4, 0.5) is 11.6 Å². The van der Waals surface area contributed by atoms with Crippen molar-refractivity contribution >= 4 is 27.6 Å². The molecule has 0 amide bonds. The summed E-state index contributed by atoms with van der Waals surface area (Å²) < 4.78 is 0.837. The molecule has 1 aliphatic rings. The fraction of sp³-hybridized carbons (Fsp3) is 0.636. The van der Waals surface area contributed by atoms with E-state index in [1.807, 2.05) is 0 Å². The minimum Gasteiger partial charge on any atom is -0.355 e. The van der Waals surface area contributed by atoms with E-state index in [4.69, 9.17) is 5.84 Å². The minimum absolute atomic E-state index is 0.626. The zero-order valence-corrected chi connectivity index (χ0v) is 11.7. The standard InChI is InChI=1S/C11H18BrN5/c1-7-3-8(2)5-17(4-7)11-9(12)10(16-13)14-6-15-11/h6-8H,3-5,13H2,1-2H3,(H,14,15,16). The van der Waals surface area contributed by atoms with Crippen molar-refractivity contribution in [1.29, 1.82) is 0 Å². The second-order valence-electron chi connectivity index (χ2n) is 4.86. The number of nitrogen functional groups attached to an aromatic ring is 1. The molecule has 2 heterocycles. The largest absolute Gasteiger partial charge is 0.355 e. The van der Waals surface area contributed by atoms with Crippen LogP contribution < -0.4 is 16.2 Å². The first-order valence-corrected chi connectivity index (χ1v) is 6.63. The van der Waals surface area contributed by atoms with Gasteiger partial charge in [0.15, 0.2) is 5.82 Å². The summed E-state index contributed by atoms with van der Waals surface area (Å²) in [6.45, 7) is 6.62. The molecule has 6 heteroatoms. The maximum atomic E-state index is 5.41.